The number of piperidine rings is 1. The number of nitrogens with two attached hydrogens (primary N) is 1. The van der Waals surface area contributed by atoms with Crippen molar-refractivity contribution >= 4 is 34.2 Å². The fraction of sp³-hybridized carbons (Fsp3) is 0.409. The van der Waals surface area contributed by atoms with Crippen LogP contribution in [-0.2, 0) is 6.42 Å². The van der Waals surface area contributed by atoms with Crippen LogP contribution >= 0.6 is 22.6 Å². The molecule has 0 radical (unpaired) electrons. The molecule has 29 heavy (non-hydrogen) atoms. The monoisotopic (exact) mass is 511 g/mol. The predicted molar refractivity (Wildman–Crippen MR) is 122 cm³/mol. The Morgan fingerprint density at radius 1 is 1.28 bits per heavy atom. The highest BCUT2D eigenvalue weighted by atomic mass is 127. The van der Waals surface area contributed by atoms with Gasteiger partial charge in [-0.15, -0.1) is 0 Å². The van der Waals surface area contributed by atoms with Crippen LogP contribution in [0, 0.1) is 9.39 Å². The van der Waals surface area contributed by atoms with E-state index in [0.29, 0.717) is 17.0 Å². The molecular formula is C22H27FIN3O2. The summed E-state index contributed by atoms with van der Waals surface area (Å²) in [6.45, 7) is 2.94. The number of ether oxygens (including phenoxy) is 1. The predicted octanol–water partition coefficient (Wildman–Crippen LogP) is 3.85. The van der Waals surface area contributed by atoms with E-state index in [0.717, 1.165) is 48.9 Å². The number of aryl methyl sites for hydroxylation is 1. The molecule has 1 fully saturated rings. The number of methoxy groups -OCH3 is 1. The number of carbonyl (C=O) groups is 1. The van der Waals surface area contributed by atoms with E-state index in [-0.39, 0.29) is 17.8 Å². The van der Waals surface area contributed by atoms with E-state index >= 15 is 0 Å². The second-order valence-electron chi connectivity index (χ2n) is 7.39. The first-order valence-electron chi connectivity index (χ1n) is 9.87. The number of hydrogen-bond donors (Lipinski definition) is 2. The van der Waals surface area contributed by atoms with Crippen LogP contribution in [0.25, 0.3) is 0 Å². The van der Waals surface area contributed by atoms with E-state index in [9.17, 15) is 9.18 Å². The van der Waals surface area contributed by atoms with E-state index in [1.54, 1.807) is 19.2 Å². The van der Waals surface area contributed by atoms with Crippen LogP contribution in [0.4, 0.5) is 10.1 Å². The minimum Gasteiger partial charge on any atom is -0.496 e. The first-order chi connectivity index (χ1) is 14.0. The van der Waals surface area contributed by atoms with Crippen molar-refractivity contribution in [1.82, 2.24) is 10.2 Å². The Morgan fingerprint density at radius 3 is 2.62 bits per heavy atom. The second kappa shape index (κ2) is 10.2. The third kappa shape index (κ3) is 6.05. The number of halogens is 2. The number of nitrogens with zero attached hydrogens (tertiary/aromatic N) is 1. The number of anilines is 1. The van der Waals surface area contributed by atoms with Gasteiger partial charge in [-0.05, 0) is 78.6 Å². The molecule has 1 amide bonds. The van der Waals surface area contributed by atoms with Crippen LogP contribution in [0.2, 0.25) is 0 Å². The molecule has 0 aliphatic carbocycles. The molecular weight excluding hydrogens is 484 g/mol. The Kier molecular flexibility index (Phi) is 7.71. The summed E-state index contributed by atoms with van der Waals surface area (Å²) in [5.74, 6) is 0.192. The number of carbonyl (C=O) groups excluding carboxylic acids is 1. The maximum atomic E-state index is 13.0. The molecule has 1 heterocycles. The molecule has 0 bridgehead atoms. The molecule has 3 N–H and O–H groups in total. The zero-order valence-corrected chi connectivity index (χ0v) is 18.7. The van der Waals surface area contributed by atoms with Crippen LogP contribution in [-0.4, -0.2) is 43.6 Å². The number of amides is 1. The summed E-state index contributed by atoms with van der Waals surface area (Å²) in [5.41, 5.74) is 8.20. The first-order valence-corrected chi connectivity index (χ1v) is 10.9. The highest BCUT2D eigenvalue weighted by molar-refractivity contribution is 14.1. The quantitative estimate of drug-likeness (QED) is 0.438. The Hall–Kier alpha value is -1.87. The summed E-state index contributed by atoms with van der Waals surface area (Å²) >= 11 is 2.12. The first kappa shape index (κ1) is 21.8. The van der Waals surface area contributed by atoms with Gasteiger partial charge < -0.3 is 20.7 Å². The lowest BCUT2D eigenvalue weighted by Gasteiger charge is -2.32. The minimum absolute atomic E-state index is 0.116. The van der Waals surface area contributed by atoms with E-state index < -0.39 is 0 Å². The van der Waals surface area contributed by atoms with Crippen LogP contribution in [0.5, 0.6) is 5.75 Å². The second-order valence-corrected chi connectivity index (χ2v) is 8.56. The normalized spacial score (nSPS) is 15.3. The number of nitrogen functional groups attached to an aromatic ring is 1. The molecule has 0 atom stereocenters. The number of likely N-dealkylation sites (tertiary alicyclic amines) is 1. The maximum absolute atomic E-state index is 13.0. The lowest BCUT2D eigenvalue weighted by Crippen LogP contribution is -2.45. The van der Waals surface area contributed by atoms with Gasteiger partial charge in [0.25, 0.3) is 5.91 Å². The Morgan fingerprint density at radius 2 is 1.97 bits per heavy atom. The largest absolute Gasteiger partial charge is 0.496 e. The van der Waals surface area contributed by atoms with Gasteiger partial charge in [0.05, 0.1) is 12.7 Å². The topological polar surface area (TPSA) is 67.6 Å². The van der Waals surface area contributed by atoms with Crippen LogP contribution < -0.4 is 15.8 Å². The number of hydrogen-bond acceptors (Lipinski definition) is 4. The smallest absolute Gasteiger partial charge is 0.255 e. The Labute approximate surface area is 184 Å². The van der Waals surface area contributed by atoms with Gasteiger partial charge in [-0.3, -0.25) is 4.79 Å². The van der Waals surface area contributed by atoms with Gasteiger partial charge in [-0.25, -0.2) is 4.39 Å². The number of benzene rings is 2. The third-order valence-corrected chi connectivity index (χ3v) is 6.27. The zero-order chi connectivity index (χ0) is 20.8. The summed E-state index contributed by atoms with van der Waals surface area (Å²) in [7, 11) is 1.54. The summed E-state index contributed by atoms with van der Waals surface area (Å²) in [5, 5.41) is 3.14. The summed E-state index contributed by atoms with van der Waals surface area (Å²) < 4.78 is 19.1. The summed E-state index contributed by atoms with van der Waals surface area (Å²) in [6.07, 6.45) is 3.85. The highest BCUT2D eigenvalue weighted by Gasteiger charge is 2.23. The van der Waals surface area contributed by atoms with Gasteiger partial charge in [0.15, 0.2) is 0 Å². The van der Waals surface area contributed by atoms with Gasteiger partial charge in [0.2, 0.25) is 0 Å². The summed E-state index contributed by atoms with van der Waals surface area (Å²) in [4.78, 5) is 15.1. The molecule has 5 nitrogen and oxygen atoms in total. The number of rotatable bonds is 7. The van der Waals surface area contributed by atoms with Crippen molar-refractivity contribution in [3.05, 3.63) is 56.9 Å². The van der Waals surface area contributed by atoms with Gasteiger partial charge in [-0.1, -0.05) is 12.1 Å². The lowest BCUT2D eigenvalue weighted by atomic mass is 10.0. The third-order valence-electron chi connectivity index (χ3n) is 5.34. The maximum Gasteiger partial charge on any atom is 0.255 e. The number of nitrogens with one attached hydrogen (secondary N) is 1. The van der Waals surface area contributed by atoms with E-state index in [2.05, 4.69) is 32.8 Å². The Balaban J connectivity index is 1.44. The molecule has 2 aromatic carbocycles. The van der Waals surface area contributed by atoms with Crippen LogP contribution in [0.1, 0.15) is 35.2 Å². The van der Waals surface area contributed by atoms with Gasteiger partial charge >= 0.3 is 0 Å². The highest BCUT2D eigenvalue weighted by Crippen LogP contribution is 2.27. The zero-order valence-electron chi connectivity index (χ0n) is 16.6. The van der Waals surface area contributed by atoms with Gasteiger partial charge in [-0.2, -0.15) is 0 Å². The molecule has 3 rings (SSSR count). The summed E-state index contributed by atoms with van der Waals surface area (Å²) in [6, 6.07) is 10.4. The molecule has 0 spiro atoms. The molecule has 7 heteroatoms. The lowest BCUT2D eigenvalue weighted by molar-refractivity contribution is 0.0908. The van der Waals surface area contributed by atoms with Gasteiger partial charge in [0.1, 0.15) is 11.6 Å². The molecule has 0 unspecified atom stereocenters. The molecule has 1 aliphatic rings. The average molecular weight is 511 g/mol. The minimum atomic E-state index is -0.191. The molecule has 2 aromatic rings. The fourth-order valence-corrected chi connectivity index (χ4v) is 4.10. The molecule has 1 saturated heterocycles. The Bertz CT molecular complexity index is 837. The van der Waals surface area contributed by atoms with Crippen molar-refractivity contribution in [1.29, 1.82) is 0 Å². The van der Waals surface area contributed by atoms with Crippen molar-refractivity contribution in [2.45, 2.75) is 31.7 Å². The van der Waals surface area contributed by atoms with Crippen molar-refractivity contribution in [2.24, 2.45) is 0 Å². The van der Waals surface area contributed by atoms with Crippen molar-refractivity contribution in [2.75, 3.05) is 32.5 Å². The van der Waals surface area contributed by atoms with Gasteiger partial charge in [0, 0.05) is 34.5 Å². The van der Waals surface area contributed by atoms with Crippen molar-refractivity contribution in [3.8, 4) is 5.75 Å². The van der Waals surface area contributed by atoms with Crippen molar-refractivity contribution in [3.63, 3.8) is 0 Å². The fourth-order valence-electron chi connectivity index (χ4n) is 3.64. The van der Waals surface area contributed by atoms with Crippen LogP contribution in [0.15, 0.2) is 36.4 Å². The van der Waals surface area contributed by atoms with E-state index in [1.165, 1.54) is 17.7 Å². The average Bonchev–Trinajstić information content (AvgIpc) is 2.72. The molecule has 0 aromatic heterocycles. The van der Waals surface area contributed by atoms with E-state index in [1.807, 2.05) is 12.1 Å². The standard InChI is InChI=1S/C22H27FIN3O2/c1-29-21-14-20(25)19(24)13-18(21)22(28)26-17-8-11-27(12-9-17)10-2-3-15-4-6-16(23)7-5-15/h4-7,13-14,17H,2-3,8-12,25H2,1H3,(H,26,28). The van der Waals surface area contributed by atoms with Crippen LogP contribution in [0.3, 0.4) is 0 Å². The van der Waals surface area contributed by atoms with E-state index in [4.69, 9.17) is 10.5 Å². The molecule has 1 aliphatic heterocycles. The van der Waals surface area contributed by atoms with Crippen molar-refractivity contribution < 1.29 is 13.9 Å². The SMILES string of the molecule is COc1cc(N)c(I)cc1C(=O)NC1CCN(CCCc2ccc(F)cc2)CC1. The molecule has 0 saturated carbocycles. The molecule has 156 valence electrons.